The van der Waals surface area contributed by atoms with E-state index in [0.29, 0.717) is 30.0 Å². The number of benzene rings is 2. The summed E-state index contributed by atoms with van der Waals surface area (Å²) in [5.41, 5.74) is 0.479. The molecule has 1 N–H and O–H groups in total. The zero-order chi connectivity index (χ0) is 21.7. The van der Waals surface area contributed by atoms with Crippen molar-refractivity contribution in [1.82, 2.24) is 19.7 Å². The Kier molecular flexibility index (Phi) is 6.46. The van der Waals surface area contributed by atoms with Gasteiger partial charge in [0.15, 0.2) is 0 Å². The van der Waals surface area contributed by atoms with Gasteiger partial charge in [-0.2, -0.15) is 9.78 Å². The Morgan fingerprint density at radius 3 is 2.53 bits per heavy atom. The van der Waals surface area contributed by atoms with E-state index in [1.807, 2.05) is 26.0 Å². The molecule has 0 saturated heterocycles. The molecule has 3 aromatic rings. The van der Waals surface area contributed by atoms with Crippen LogP contribution in [0.1, 0.15) is 35.0 Å². The predicted molar refractivity (Wildman–Crippen MR) is 114 cm³/mol. The number of methoxy groups -OCH3 is 1. The molecule has 1 aromatic heterocycles. The van der Waals surface area contributed by atoms with E-state index in [0.717, 1.165) is 14.8 Å². The topological polar surface area (TPSA) is 95.2 Å². The van der Waals surface area contributed by atoms with Gasteiger partial charge >= 0.3 is 5.69 Å². The highest BCUT2D eigenvalue weighted by atomic mass is 16.5. The van der Waals surface area contributed by atoms with Gasteiger partial charge in [0.25, 0.3) is 11.5 Å². The van der Waals surface area contributed by atoms with E-state index in [1.54, 1.807) is 36.4 Å². The summed E-state index contributed by atoms with van der Waals surface area (Å²) in [5.74, 6) is -0.00326. The van der Waals surface area contributed by atoms with E-state index in [1.165, 1.54) is 7.11 Å². The smallest absolute Gasteiger partial charge is 0.352 e. The summed E-state index contributed by atoms with van der Waals surface area (Å²) in [6.07, 6.45) is 0.710. The van der Waals surface area contributed by atoms with E-state index in [-0.39, 0.29) is 12.2 Å². The van der Waals surface area contributed by atoms with Crippen LogP contribution < -0.4 is 21.3 Å². The van der Waals surface area contributed by atoms with Gasteiger partial charge in [0.2, 0.25) is 5.69 Å². The number of hydrogen-bond acceptors (Lipinski definition) is 5. The second-order valence-electron chi connectivity index (χ2n) is 6.88. The SMILES string of the molecule is CCCNC(=O)c1nn(-c2ccc(C)cc2)c(=O)n(Cc2cccc(OC)c2)c1=O. The molecule has 0 aliphatic heterocycles. The van der Waals surface area contributed by atoms with Gasteiger partial charge < -0.3 is 10.1 Å². The van der Waals surface area contributed by atoms with Gasteiger partial charge in [0.1, 0.15) is 5.75 Å². The normalized spacial score (nSPS) is 10.6. The Balaban J connectivity index is 2.17. The van der Waals surface area contributed by atoms with Gasteiger partial charge in [-0.1, -0.05) is 36.8 Å². The number of aromatic nitrogens is 3. The Morgan fingerprint density at radius 2 is 1.87 bits per heavy atom. The van der Waals surface area contributed by atoms with E-state index in [9.17, 15) is 14.4 Å². The molecular formula is C22H24N4O4. The quantitative estimate of drug-likeness (QED) is 0.644. The fraction of sp³-hybridized carbons (Fsp3) is 0.273. The lowest BCUT2D eigenvalue weighted by atomic mass is 10.2. The summed E-state index contributed by atoms with van der Waals surface area (Å²) in [6, 6.07) is 14.2. The lowest BCUT2D eigenvalue weighted by molar-refractivity contribution is 0.0944. The number of carbonyl (C=O) groups is 1. The zero-order valence-electron chi connectivity index (χ0n) is 17.2. The standard InChI is InChI=1S/C22H24N4O4/c1-4-12-23-20(27)19-21(28)25(14-16-6-5-7-18(13-16)30-3)22(29)26(24-19)17-10-8-15(2)9-11-17/h5-11,13H,4,12,14H2,1-3H3,(H,23,27). The third kappa shape index (κ3) is 4.48. The molecule has 0 bridgehead atoms. The van der Waals surface area contributed by atoms with Crippen LogP contribution in [0.15, 0.2) is 58.1 Å². The van der Waals surface area contributed by atoms with Crippen LogP contribution in [0.25, 0.3) is 5.69 Å². The minimum absolute atomic E-state index is 0.0166. The molecule has 30 heavy (non-hydrogen) atoms. The first-order valence-electron chi connectivity index (χ1n) is 9.67. The third-order valence-electron chi connectivity index (χ3n) is 4.56. The van der Waals surface area contributed by atoms with Gasteiger partial charge in [0, 0.05) is 6.54 Å². The molecule has 0 spiro atoms. The van der Waals surface area contributed by atoms with Crippen LogP contribution in [-0.4, -0.2) is 33.9 Å². The Morgan fingerprint density at radius 1 is 1.13 bits per heavy atom. The molecule has 3 rings (SSSR count). The Labute approximate surface area is 173 Å². The monoisotopic (exact) mass is 408 g/mol. The molecule has 0 fully saturated rings. The molecule has 8 heteroatoms. The van der Waals surface area contributed by atoms with Crippen molar-refractivity contribution in [3.8, 4) is 11.4 Å². The number of aryl methyl sites for hydroxylation is 1. The molecule has 1 amide bonds. The van der Waals surface area contributed by atoms with Crippen LogP contribution in [-0.2, 0) is 6.54 Å². The van der Waals surface area contributed by atoms with Crippen LogP contribution in [0.3, 0.4) is 0 Å². The Bertz CT molecular complexity index is 1160. The second kappa shape index (κ2) is 9.21. The highest BCUT2D eigenvalue weighted by Gasteiger charge is 2.20. The van der Waals surface area contributed by atoms with Crippen molar-refractivity contribution < 1.29 is 9.53 Å². The van der Waals surface area contributed by atoms with Gasteiger partial charge in [-0.3, -0.25) is 14.2 Å². The summed E-state index contributed by atoms with van der Waals surface area (Å²) < 4.78 is 7.32. The molecule has 0 atom stereocenters. The Hall–Kier alpha value is -3.68. The van der Waals surface area contributed by atoms with E-state index in [2.05, 4.69) is 10.4 Å². The zero-order valence-corrected chi connectivity index (χ0v) is 17.2. The van der Waals surface area contributed by atoms with E-state index >= 15 is 0 Å². The van der Waals surface area contributed by atoms with Crippen LogP contribution in [0.2, 0.25) is 0 Å². The predicted octanol–water partition coefficient (Wildman–Crippen LogP) is 1.90. The van der Waals surface area contributed by atoms with Gasteiger partial charge in [-0.25, -0.2) is 4.79 Å². The number of amides is 1. The molecule has 2 aromatic carbocycles. The summed E-state index contributed by atoms with van der Waals surface area (Å²) in [4.78, 5) is 38.7. The van der Waals surface area contributed by atoms with E-state index < -0.39 is 17.2 Å². The van der Waals surface area contributed by atoms with Crippen molar-refractivity contribution in [2.75, 3.05) is 13.7 Å². The molecule has 0 unspecified atom stereocenters. The maximum atomic E-state index is 13.1. The summed E-state index contributed by atoms with van der Waals surface area (Å²) in [7, 11) is 1.54. The highest BCUT2D eigenvalue weighted by molar-refractivity contribution is 5.91. The van der Waals surface area contributed by atoms with Crippen LogP contribution in [0.5, 0.6) is 5.75 Å². The summed E-state index contributed by atoms with van der Waals surface area (Å²) >= 11 is 0. The van der Waals surface area contributed by atoms with Crippen molar-refractivity contribution in [2.24, 2.45) is 0 Å². The maximum absolute atomic E-state index is 13.1. The highest BCUT2D eigenvalue weighted by Crippen LogP contribution is 2.13. The van der Waals surface area contributed by atoms with Crippen molar-refractivity contribution in [3.05, 3.63) is 86.2 Å². The number of hydrogen-bond donors (Lipinski definition) is 1. The van der Waals surface area contributed by atoms with Crippen LogP contribution in [0, 0.1) is 6.92 Å². The average molecular weight is 408 g/mol. The minimum Gasteiger partial charge on any atom is -0.497 e. The minimum atomic E-state index is -0.736. The molecule has 8 nitrogen and oxygen atoms in total. The number of rotatable bonds is 7. The molecule has 0 aliphatic rings. The third-order valence-corrected chi connectivity index (χ3v) is 4.56. The first kappa shape index (κ1) is 21.0. The number of ether oxygens (including phenoxy) is 1. The number of nitrogens with zero attached hydrogens (tertiary/aromatic N) is 3. The molecule has 0 saturated carbocycles. The summed E-state index contributed by atoms with van der Waals surface area (Å²) in [6.45, 7) is 4.21. The largest absolute Gasteiger partial charge is 0.497 e. The average Bonchev–Trinajstić information content (AvgIpc) is 2.76. The fourth-order valence-corrected chi connectivity index (χ4v) is 2.93. The molecule has 0 radical (unpaired) electrons. The van der Waals surface area contributed by atoms with Gasteiger partial charge in [-0.05, 0) is 43.2 Å². The lowest BCUT2D eigenvalue weighted by Crippen LogP contribution is -2.46. The molecule has 1 heterocycles. The van der Waals surface area contributed by atoms with Gasteiger partial charge in [-0.15, -0.1) is 0 Å². The van der Waals surface area contributed by atoms with Gasteiger partial charge in [0.05, 0.1) is 19.3 Å². The summed E-state index contributed by atoms with van der Waals surface area (Å²) in [5, 5.41) is 6.75. The molecule has 0 aliphatic carbocycles. The van der Waals surface area contributed by atoms with Crippen molar-refractivity contribution in [2.45, 2.75) is 26.8 Å². The second-order valence-corrected chi connectivity index (χ2v) is 6.88. The van der Waals surface area contributed by atoms with E-state index in [4.69, 9.17) is 4.74 Å². The fourth-order valence-electron chi connectivity index (χ4n) is 2.93. The lowest BCUT2D eigenvalue weighted by Gasteiger charge is -2.13. The number of nitrogens with one attached hydrogen (secondary N) is 1. The van der Waals surface area contributed by atoms with Crippen molar-refractivity contribution >= 4 is 5.91 Å². The van der Waals surface area contributed by atoms with Crippen LogP contribution >= 0.6 is 0 Å². The number of carbonyl (C=O) groups excluding carboxylic acids is 1. The molecular weight excluding hydrogens is 384 g/mol. The van der Waals surface area contributed by atoms with Crippen LogP contribution in [0.4, 0.5) is 0 Å². The van der Waals surface area contributed by atoms with Crippen molar-refractivity contribution in [3.63, 3.8) is 0 Å². The molecule has 156 valence electrons. The first-order valence-corrected chi connectivity index (χ1v) is 9.67. The maximum Gasteiger partial charge on any atom is 0.352 e. The first-order chi connectivity index (χ1) is 14.4. The van der Waals surface area contributed by atoms with Crippen molar-refractivity contribution in [1.29, 1.82) is 0 Å².